The van der Waals surface area contributed by atoms with E-state index in [0.29, 0.717) is 11.4 Å². The van der Waals surface area contributed by atoms with Crippen molar-refractivity contribution in [2.24, 2.45) is 5.92 Å². The van der Waals surface area contributed by atoms with E-state index in [9.17, 15) is 4.79 Å². The molecule has 0 unspecified atom stereocenters. The fourth-order valence-corrected chi connectivity index (χ4v) is 3.62. The van der Waals surface area contributed by atoms with Gasteiger partial charge in [-0.25, -0.2) is 0 Å². The molecule has 19 heavy (non-hydrogen) atoms. The summed E-state index contributed by atoms with van der Waals surface area (Å²) in [5.41, 5.74) is 0.860. The van der Waals surface area contributed by atoms with Crippen molar-refractivity contribution in [2.75, 3.05) is 5.32 Å². The zero-order chi connectivity index (χ0) is 13.7. The first kappa shape index (κ1) is 15.1. The zero-order valence-corrected chi connectivity index (χ0v) is 13.8. The maximum absolute atomic E-state index is 11.9. The molecular weight excluding hydrogens is 373 g/mol. The van der Waals surface area contributed by atoms with Crippen LogP contribution in [-0.2, 0) is 4.79 Å². The minimum Gasteiger partial charge on any atom is -0.325 e. The van der Waals surface area contributed by atoms with Crippen molar-refractivity contribution in [3.63, 3.8) is 0 Å². The molecule has 0 atom stereocenters. The summed E-state index contributed by atoms with van der Waals surface area (Å²) in [6.07, 6.45) is 8.28. The molecule has 0 spiro atoms. The predicted molar refractivity (Wildman–Crippen MR) is 88.6 cm³/mol. The highest BCUT2D eigenvalue weighted by molar-refractivity contribution is 14.1. The van der Waals surface area contributed by atoms with Crippen molar-refractivity contribution in [1.82, 2.24) is 0 Å². The predicted octanol–water partition coefficient (Wildman–Crippen LogP) is 5.24. The average molecular weight is 392 g/mol. The molecule has 0 saturated heterocycles. The van der Waals surface area contributed by atoms with E-state index in [-0.39, 0.29) is 5.91 Å². The van der Waals surface area contributed by atoms with E-state index < -0.39 is 0 Å². The summed E-state index contributed by atoms with van der Waals surface area (Å²) < 4.78 is 0.983. The van der Waals surface area contributed by atoms with E-state index in [1.807, 2.05) is 12.1 Å². The molecule has 0 heterocycles. The molecule has 1 N–H and O–H groups in total. The van der Waals surface area contributed by atoms with E-state index >= 15 is 0 Å². The van der Waals surface area contributed by atoms with Gasteiger partial charge in [-0.3, -0.25) is 4.79 Å². The smallest absolute Gasteiger partial charge is 0.224 e. The molecule has 2 nitrogen and oxygen atoms in total. The highest BCUT2D eigenvalue weighted by Gasteiger charge is 2.15. The van der Waals surface area contributed by atoms with Gasteiger partial charge >= 0.3 is 0 Å². The van der Waals surface area contributed by atoms with Crippen molar-refractivity contribution in [1.29, 1.82) is 0 Å². The number of carbonyl (C=O) groups is 1. The molecule has 1 fully saturated rings. The number of amides is 1. The molecule has 0 aromatic heterocycles. The molecule has 0 radical (unpaired) electrons. The van der Waals surface area contributed by atoms with Crippen LogP contribution in [-0.4, -0.2) is 5.91 Å². The lowest BCUT2D eigenvalue weighted by molar-refractivity contribution is -0.116. The minimum atomic E-state index is 0.116. The van der Waals surface area contributed by atoms with Crippen molar-refractivity contribution in [2.45, 2.75) is 44.9 Å². The number of hydrogen-bond acceptors (Lipinski definition) is 1. The van der Waals surface area contributed by atoms with Gasteiger partial charge in [0.2, 0.25) is 5.91 Å². The van der Waals surface area contributed by atoms with Gasteiger partial charge in [0.25, 0.3) is 0 Å². The van der Waals surface area contributed by atoms with Gasteiger partial charge in [0.05, 0.1) is 5.69 Å². The Kier molecular flexibility index (Phi) is 5.95. The zero-order valence-electron chi connectivity index (χ0n) is 10.9. The quantitative estimate of drug-likeness (QED) is 0.698. The second-order valence-electron chi connectivity index (χ2n) is 5.22. The van der Waals surface area contributed by atoms with Gasteiger partial charge in [-0.1, -0.05) is 43.7 Å². The summed E-state index contributed by atoms with van der Waals surface area (Å²) in [5, 5.41) is 3.67. The second-order valence-corrected chi connectivity index (χ2v) is 6.81. The Bertz CT molecular complexity index is 444. The van der Waals surface area contributed by atoms with Crippen LogP contribution in [0.5, 0.6) is 0 Å². The molecule has 104 valence electrons. The van der Waals surface area contributed by atoms with Crippen LogP contribution in [0.2, 0.25) is 5.02 Å². The van der Waals surface area contributed by atoms with Gasteiger partial charge in [-0.05, 0) is 53.1 Å². The molecule has 2 rings (SSSR count). The van der Waals surface area contributed by atoms with Gasteiger partial charge in [0.15, 0.2) is 0 Å². The molecule has 1 aromatic rings. The topological polar surface area (TPSA) is 29.1 Å². The molecular formula is C15H19ClINO. The van der Waals surface area contributed by atoms with E-state index in [1.54, 1.807) is 6.07 Å². The van der Waals surface area contributed by atoms with Gasteiger partial charge in [0, 0.05) is 15.0 Å². The standard InChI is InChI=1S/C15H19ClINO/c16-12-7-8-14(13(17)10-12)18-15(19)9-6-11-4-2-1-3-5-11/h7-8,10-11H,1-6,9H2,(H,18,19). The Morgan fingerprint density at radius 3 is 2.74 bits per heavy atom. The summed E-state index contributed by atoms with van der Waals surface area (Å²) in [6, 6.07) is 5.53. The maximum atomic E-state index is 11.9. The lowest BCUT2D eigenvalue weighted by Gasteiger charge is -2.21. The van der Waals surface area contributed by atoms with Crippen molar-refractivity contribution < 1.29 is 4.79 Å². The number of nitrogens with one attached hydrogen (secondary N) is 1. The Morgan fingerprint density at radius 1 is 1.32 bits per heavy atom. The summed E-state index contributed by atoms with van der Waals surface area (Å²) in [5.74, 6) is 0.870. The minimum absolute atomic E-state index is 0.116. The third kappa shape index (κ3) is 4.95. The third-order valence-corrected chi connectivity index (χ3v) is 4.84. The van der Waals surface area contributed by atoms with Crippen molar-refractivity contribution in [3.05, 3.63) is 26.8 Å². The maximum Gasteiger partial charge on any atom is 0.224 e. The summed E-state index contributed by atoms with van der Waals surface area (Å²) >= 11 is 8.09. The van der Waals surface area contributed by atoms with Gasteiger partial charge < -0.3 is 5.32 Å². The van der Waals surface area contributed by atoms with E-state index in [1.165, 1.54) is 32.1 Å². The monoisotopic (exact) mass is 391 g/mol. The summed E-state index contributed by atoms with van der Waals surface area (Å²) in [4.78, 5) is 11.9. The number of hydrogen-bond donors (Lipinski definition) is 1. The number of benzene rings is 1. The molecule has 1 aliphatic carbocycles. The first-order chi connectivity index (χ1) is 9.15. The fraction of sp³-hybridized carbons (Fsp3) is 0.533. The molecule has 0 bridgehead atoms. The molecule has 1 saturated carbocycles. The third-order valence-electron chi connectivity index (χ3n) is 3.71. The lowest BCUT2D eigenvalue weighted by Crippen LogP contribution is -2.15. The summed E-state index contributed by atoms with van der Waals surface area (Å²) in [7, 11) is 0. The van der Waals surface area contributed by atoms with Gasteiger partial charge in [0.1, 0.15) is 0 Å². The van der Waals surface area contributed by atoms with Gasteiger partial charge in [-0.15, -0.1) is 0 Å². The largest absolute Gasteiger partial charge is 0.325 e. The van der Waals surface area contributed by atoms with Crippen molar-refractivity contribution in [3.8, 4) is 0 Å². The molecule has 1 aliphatic rings. The first-order valence-corrected chi connectivity index (χ1v) is 8.36. The molecule has 0 aliphatic heterocycles. The van der Waals surface area contributed by atoms with Crippen LogP contribution in [0.4, 0.5) is 5.69 Å². The fourth-order valence-electron chi connectivity index (χ4n) is 2.61. The number of rotatable bonds is 4. The van der Waals surface area contributed by atoms with Crippen LogP contribution in [0.1, 0.15) is 44.9 Å². The highest BCUT2D eigenvalue weighted by atomic mass is 127. The number of anilines is 1. The Balaban J connectivity index is 1.80. The normalized spacial score (nSPS) is 16.3. The van der Waals surface area contributed by atoms with Crippen LogP contribution < -0.4 is 5.32 Å². The lowest BCUT2D eigenvalue weighted by atomic mass is 9.86. The Morgan fingerprint density at radius 2 is 2.05 bits per heavy atom. The van der Waals surface area contributed by atoms with Crippen molar-refractivity contribution >= 4 is 45.8 Å². The van der Waals surface area contributed by atoms with Crippen LogP contribution >= 0.6 is 34.2 Å². The van der Waals surface area contributed by atoms with E-state index in [0.717, 1.165) is 21.6 Å². The second kappa shape index (κ2) is 7.48. The Labute approximate surface area is 133 Å². The van der Waals surface area contributed by atoms with Gasteiger partial charge in [-0.2, -0.15) is 0 Å². The van der Waals surface area contributed by atoms with Crippen LogP contribution in [0, 0.1) is 9.49 Å². The summed E-state index contributed by atoms with van der Waals surface area (Å²) in [6.45, 7) is 0. The molecule has 1 amide bonds. The van der Waals surface area contributed by atoms with Crippen LogP contribution in [0.15, 0.2) is 18.2 Å². The average Bonchev–Trinajstić information content (AvgIpc) is 2.41. The van der Waals surface area contributed by atoms with E-state index in [4.69, 9.17) is 11.6 Å². The Hall–Kier alpha value is -0.290. The van der Waals surface area contributed by atoms with Crippen LogP contribution in [0.3, 0.4) is 0 Å². The number of halogens is 2. The van der Waals surface area contributed by atoms with E-state index in [2.05, 4.69) is 27.9 Å². The molecule has 4 heteroatoms. The SMILES string of the molecule is O=C(CCC1CCCCC1)Nc1ccc(Cl)cc1I. The first-order valence-electron chi connectivity index (χ1n) is 6.90. The molecule has 1 aromatic carbocycles. The number of carbonyl (C=O) groups excluding carboxylic acids is 1. The highest BCUT2D eigenvalue weighted by Crippen LogP contribution is 2.28. The van der Waals surface area contributed by atoms with Crippen LogP contribution in [0.25, 0.3) is 0 Å².